The highest BCUT2D eigenvalue weighted by atomic mass is 79.9. The molecule has 0 aliphatic rings. The van der Waals surface area contributed by atoms with Gasteiger partial charge in [0, 0.05) is 15.9 Å². The fraction of sp³-hybridized carbons (Fsp3) is 0.238. The summed E-state index contributed by atoms with van der Waals surface area (Å²) < 4.78 is 7.98. The molecule has 0 saturated heterocycles. The van der Waals surface area contributed by atoms with Gasteiger partial charge in [0.1, 0.15) is 11.2 Å². The number of H-pyrrole nitrogens is 1. The lowest BCUT2D eigenvalue weighted by atomic mass is 10.3. The summed E-state index contributed by atoms with van der Waals surface area (Å²) in [5.74, 6) is 0.580. The maximum atomic E-state index is 12.8. The third-order valence-corrected chi connectivity index (χ3v) is 6.64. The number of nitrogens with one attached hydrogen (secondary N) is 3. The van der Waals surface area contributed by atoms with Crippen LogP contribution in [0.4, 0.5) is 0 Å². The number of rotatable bonds is 7. The van der Waals surface area contributed by atoms with Gasteiger partial charge in [-0.05, 0) is 49.7 Å². The van der Waals surface area contributed by atoms with Gasteiger partial charge >= 0.3 is 0 Å². The second-order valence-electron chi connectivity index (χ2n) is 6.91. The predicted molar refractivity (Wildman–Crippen MR) is 122 cm³/mol. The molecule has 1 amide bonds. The maximum Gasteiger partial charge on any atom is 0.233 e. The van der Waals surface area contributed by atoms with Crippen molar-refractivity contribution in [1.82, 2.24) is 25.1 Å². The van der Waals surface area contributed by atoms with Crippen molar-refractivity contribution in [2.45, 2.75) is 37.2 Å². The van der Waals surface area contributed by atoms with Crippen molar-refractivity contribution in [2.75, 3.05) is 0 Å². The number of fused-ring (bicyclic) bond motifs is 1. The SMILES string of the molecule is CC[C@H](Sc1nc2n[nH]c(C)c2c(=N)n1-c1ccc(Br)cc1)C(=O)NCc1ccco1. The van der Waals surface area contributed by atoms with E-state index >= 15 is 0 Å². The lowest BCUT2D eigenvalue weighted by Gasteiger charge is -2.18. The Morgan fingerprint density at radius 3 is 2.81 bits per heavy atom. The zero-order valence-corrected chi connectivity index (χ0v) is 19.4. The first-order valence-corrected chi connectivity index (χ1v) is 11.4. The third-order valence-electron chi connectivity index (χ3n) is 4.79. The minimum Gasteiger partial charge on any atom is -0.467 e. The number of aromatic nitrogens is 4. The highest BCUT2D eigenvalue weighted by Crippen LogP contribution is 2.27. The van der Waals surface area contributed by atoms with E-state index in [2.05, 4.69) is 36.4 Å². The van der Waals surface area contributed by atoms with Gasteiger partial charge in [0.25, 0.3) is 0 Å². The first-order valence-electron chi connectivity index (χ1n) is 9.73. The van der Waals surface area contributed by atoms with E-state index in [1.54, 1.807) is 16.9 Å². The minimum atomic E-state index is -0.388. The van der Waals surface area contributed by atoms with Crippen molar-refractivity contribution in [1.29, 1.82) is 5.41 Å². The normalized spacial score (nSPS) is 12.2. The van der Waals surface area contributed by atoms with Crippen molar-refractivity contribution in [3.05, 3.63) is 64.1 Å². The average molecular weight is 501 g/mol. The number of furan rings is 1. The lowest BCUT2D eigenvalue weighted by Crippen LogP contribution is -2.32. The van der Waals surface area contributed by atoms with Crippen LogP contribution in [0.5, 0.6) is 0 Å². The van der Waals surface area contributed by atoms with Gasteiger partial charge < -0.3 is 9.73 Å². The summed E-state index contributed by atoms with van der Waals surface area (Å²) in [5, 5.41) is 19.7. The topological polar surface area (TPSA) is 113 Å². The Bertz CT molecular complexity index is 1260. The highest BCUT2D eigenvalue weighted by Gasteiger charge is 2.23. The van der Waals surface area contributed by atoms with Gasteiger partial charge in [-0.2, -0.15) is 5.10 Å². The van der Waals surface area contributed by atoms with Crippen molar-refractivity contribution >= 4 is 44.6 Å². The molecule has 1 aromatic carbocycles. The number of hydrogen-bond donors (Lipinski definition) is 3. The number of thioether (sulfide) groups is 1. The quantitative estimate of drug-likeness (QED) is 0.261. The molecule has 0 bridgehead atoms. The van der Waals surface area contributed by atoms with Gasteiger partial charge in [-0.1, -0.05) is 34.6 Å². The number of amides is 1. The number of nitrogens with zero attached hydrogens (tertiary/aromatic N) is 3. The van der Waals surface area contributed by atoms with Crippen LogP contribution >= 0.6 is 27.7 Å². The summed E-state index contributed by atoms with van der Waals surface area (Å²) in [6, 6.07) is 11.2. The second-order valence-corrected chi connectivity index (χ2v) is 9.00. The molecule has 3 heterocycles. The van der Waals surface area contributed by atoms with E-state index in [-0.39, 0.29) is 16.6 Å². The summed E-state index contributed by atoms with van der Waals surface area (Å²) in [6.45, 7) is 4.14. The number of hydrogen-bond acceptors (Lipinski definition) is 6. The van der Waals surface area contributed by atoms with Crippen LogP contribution < -0.4 is 10.8 Å². The van der Waals surface area contributed by atoms with Crippen LogP contribution in [0.3, 0.4) is 0 Å². The fourth-order valence-corrected chi connectivity index (χ4v) is 4.51. The van der Waals surface area contributed by atoms with Crippen LogP contribution in [0.15, 0.2) is 56.7 Å². The molecule has 0 spiro atoms. The molecule has 4 rings (SSSR count). The molecule has 0 radical (unpaired) electrons. The van der Waals surface area contributed by atoms with Crippen LogP contribution in [0.25, 0.3) is 16.7 Å². The van der Waals surface area contributed by atoms with Crippen molar-refractivity contribution < 1.29 is 9.21 Å². The van der Waals surface area contributed by atoms with Crippen LogP contribution in [0.2, 0.25) is 0 Å². The fourth-order valence-electron chi connectivity index (χ4n) is 3.19. The Balaban J connectivity index is 1.71. The lowest BCUT2D eigenvalue weighted by molar-refractivity contribution is -0.120. The van der Waals surface area contributed by atoms with E-state index in [0.29, 0.717) is 34.9 Å². The highest BCUT2D eigenvalue weighted by molar-refractivity contribution is 9.10. The Kier molecular flexibility index (Phi) is 6.28. The van der Waals surface area contributed by atoms with Gasteiger partial charge in [0.2, 0.25) is 5.91 Å². The summed E-state index contributed by atoms with van der Waals surface area (Å²) >= 11 is 4.77. The molecule has 3 N–H and O–H groups in total. The average Bonchev–Trinajstić information content (AvgIpc) is 3.41. The molecule has 0 fully saturated rings. The number of halogens is 1. The largest absolute Gasteiger partial charge is 0.467 e. The minimum absolute atomic E-state index is 0.113. The molecule has 10 heteroatoms. The number of aryl methyl sites for hydroxylation is 1. The molecule has 160 valence electrons. The first kappa shape index (κ1) is 21.4. The molecular weight excluding hydrogens is 480 g/mol. The molecular formula is C21H21BrN6O2S. The van der Waals surface area contributed by atoms with Crippen LogP contribution in [-0.4, -0.2) is 30.9 Å². The Morgan fingerprint density at radius 1 is 1.35 bits per heavy atom. The van der Waals surface area contributed by atoms with E-state index < -0.39 is 0 Å². The molecule has 8 nitrogen and oxygen atoms in total. The molecule has 4 aromatic rings. The second kappa shape index (κ2) is 9.11. The Labute approximate surface area is 191 Å². The zero-order chi connectivity index (χ0) is 22.0. The number of carbonyl (C=O) groups excluding carboxylic acids is 1. The van der Waals surface area contributed by atoms with Gasteiger partial charge in [0.15, 0.2) is 10.8 Å². The van der Waals surface area contributed by atoms with E-state index in [1.807, 2.05) is 44.2 Å². The summed E-state index contributed by atoms with van der Waals surface area (Å²) in [6.07, 6.45) is 2.18. The molecule has 0 aliphatic carbocycles. The number of carbonyl (C=O) groups is 1. The Hall–Kier alpha value is -2.85. The molecule has 3 aromatic heterocycles. The third kappa shape index (κ3) is 4.45. The molecule has 0 saturated carbocycles. The van der Waals surface area contributed by atoms with E-state index in [1.165, 1.54) is 11.8 Å². The molecule has 1 atom stereocenters. The molecule has 0 unspecified atom stereocenters. The summed E-state index contributed by atoms with van der Waals surface area (Å²) in [7, 11) is 0. The zero-order valence-electron chi connectivity index (χ0n) is 17.0. The monoisotopic (exact) mass is 500 g/mol. The van der Waals surface area contributed by atoms with E-state index in [9.17, 15) is 4.79 Å². The van der Waals surface area contributed by atoms with Gasteiger partial charge in [-0.3, -0.25) is 19.9 Å². The van der Waals surface area contributed by atoms with Crippen LogP contribution in [-0.2, 0) is 11.3 Å². The Morgan fingerprint density at radius 2 is 2.13 bits per heavy atom. The molecule has 0 aliphatic heterocycles. The predicted octanol–water partition coefficient (Wildman–Crippen LogP) is 4.08. The van der Waals surface area contributed by atoms with Gasteiger partial charge in [-0.15, -0.1) is 0 Å². The maximum absolute atomic E-state index is 12.8. The summed E-state index contributed by atoms with van der Waals surface area (Å²) in [5.41, 5.74) is 2.30. The number of benzene rings is 1. The van der Waals surface area contributed by atoms with Crippen molar-refractivity contribution in [2.24, 2.45) is 0 Å². The first-order chi connectivity index (χ1) is 15.0. The standard InChI is InChI=1S/C21H21BrN6O2S/c1-3-16(20(29)24-11-15-5-4-10-30-15)31-21-25-19-17(12(2)26-27-19)18(23)28(21)14-8-6-13(22)7-9-14/h4-10,16,23H,3,11H2,1-2H3,(H,24,29)(H,26,27)/t16-/m0/s1. The van der Waals surface area contributed by atoms with Crippen LogP contribution in [0, 0.1) is 12.3 Å². The molecule has 31 heavy (non-hydrogen) atoms. The van der Waals surface area contributed by atoms with Crippen LogP contribution in [0.1, 0.15) is 24.8 Å². The smallest absolute Gasteiger partial charge is 0.233 e. The summed E-state index contributed by atoms with van der Waals surface area (Å²) in [4.78, 5) is 17.5. The van der Waals surface area contributed by atoms with E-state index in [0.717, 1.165) is 15.9 Å². The van der Waals surface area contributed by atoms with Gasteiger partial charge in [0.05, 0.1) is 23.4 Å². The van der Waals surface area contributed by atoms with Crippen molar-refractivity contribution in [3.8, 4) is 5.69 Å². The van der Waals surface area contributed by atoms with Gasteiger partial charge in [-0.25, -0.2) is 4.98 Å². The van der Waals surface area contributed by atoms with Crippen molar-refractivity contribution in [3.63, 3.8) is 0 Å². The van der Waals surface area contributed by atoms with E-state index in [4.69, 9.17) is 9.83 Å². The number of aromatic amines is 1.